The zero-order chi connectivity index (χ0) is 17.6. The van der Waals surface area contributed by atoms with Crippen molar-refractivity contribution in [3.63, 3.8) is 0 Å². The van der Waals surface area contributed by atoms with Crippen molar-refractivity contribution in [1.82, 2.24) is 9.88 Å². The fourth-order valence-corrected chi connectivity index (χ4v) is 3.28. The van der Waals surface area contributed by atoms with Gasteiger partial charge in [0.25, 0.3) is 0 Å². The number of likely N-dealkylation sites (tertiary alicyclic amines) is 1. The first-order valence-electron chi connectivity index (χ1n) is 8.67. The van der Waals surface area contributed by atoms with Crippen LogP contribution in [0.4, 0.5) is 4.79 Å². The van der Waals surface area contributed by atoms with Gasteiger partial charge in [-0.3, -0.25) is 0 Å². The molecule has 0 radical (unpaired) electrons. The Morgan fingerprint density at radius 3 is 2.80 bits per heavy atom. The third-order valence-corrected chi connectivity index (χ3v) is 4.64. The zero-order valence-corrected chi connectivity index (χ0v) is 14.8. The standard InChI is InChI=1S/C20H24N2O3/c1-15-12-19(24-2)21-13-17(15)18-10-6-7-11-22(18)20(23)25-14-16-8-4-3-5-9-16/h3-5,8-9,12-13,18H,6-7,10-11,14H2,1-2H3/t18-/m1/s1. The minimum absolute atomic E-state index is 0.00966. The van der Waals surface area contributed by atoms with Crippen molar-refractivity contribution in [1.29, 1.82) is 0 Å². The first kappa shape index (κ1) is 17.3. The number of amides is 1. The molecule has 1 aromatic carbocycles. The van der Waals surface area contributed by atoms with Crippen LogP contribution in [0.5, 0.6) is 5.88 Å². The van der Waals surface area contributed by atoms with E-state index in [1.165, 1.54) is 0 Å². The van der Waals surface area contributed by atoms with Crippen molar-refractivity contribution in [2.45, 2.75) is 38.8 Å². The van der Waals surface area contributed by atoms with Gasteiger partial charge < -0.3 is 14.4 Å². The Bertz CT molecular complexity index is 718. The number of hydrogen-bond acceptors (Lipinski definition) is 4. The third-order valence-electron chi connectivity index (χ3n) is 4.64. The van der Waals surface area contributed by atoms with E-state index in [0.29, 0.717) is 19.0 Å². The maximum Gasteiger partial charge on any atom is 0.410 e. The molecule has 25 heavy (non-hydrogen) atoms. The van der Waals surface area contributed by atoms with Gasteiger partial charge in [-0.1, -0.05) is 30.3 Å². The van der Waals surface area contributed by atoms with Gasteiger partial charge in [0.05, 0.1) is 13.2 Å². The van der Waals surface area contributed by atoms with Gasteiger partial charge in [-0.2, -0.15) is 0 Å². The number of rotatable bonds is 4. The van der Waals surface area contributed by atoms with Crippen LogP contribution in [0.2, 0.25) is 0 Å². The van der Waals surface area contributed by atoms with Crippen molar-refractivity contribution in [2.24, 2.45) is 0 Å². The van der Waals surface area contributed by atoms with Crippen molar-refractivity contribution in [3.8, 4) is 5.88 Å². The number of carbonyl (C=O) groups excluding carboxylic acids is 1. The molecule has 0 N–H and O–H groups in total. The number of benzene rings is 1. The molecule has 2 aromatic rings. The van der Waals surface area contributed by atoms with Gasteiger partial charge in [-0.25, -0.2) is 9.78 Å². The third kappa shape index (κ3) is 4.10. The van der Waals surface area contributed by atoms with Crippen LogP contribution >= 0.6 is 0 Å². The molecule has 0 unspecified atom stereocenters. The van der Waals surface area contributed by atoms with Crippen LogP contribution in [-0.4, -0.2) is 29.6 Å². The molecular formula is C20H24N2O3. The molecule has 5 heteroatoms. The molecule has 0 saturated carbocycles. The van der Waals surface area contributed by atoms with Crippen molar-refractivity contribution < 1.29 is 14.3 Å². The lowest BCUT2D eigenvalue weighted by molar-refractivity contribution is 0.0677. The smallest absolute Gasteiger partial charge is 0.410 e. The van der Waals surface area contributed by atoms with E-state index in [0.717, 1.165) is 36.0 Å². The van der Waals surface area contributed by atoms with Gasteiger partial charge in [0.2, 0.25) is 5.88 Å². The second kappa shape index (κ2) is 8.01. The second-order valence-electron chi connectivity index (χ2n) is 6.33. The monoisotopic (exact) mass is 340 g/mol. The van der Waals surface area contributed by atoms with Crippen LogP contribution in [0.15, 0.2) is 42.6 Å². The van der Waals surface area contributed by atoms with E-state index in [9.17, 15) is 4.79 Å². The number of nitrogens with zero attached hydrogens (tertiary/aromatic N) is 2. The van der Waals surface area contributed by atoms with Crippen LogP contribution in [-0.2, 0) is 11.3 Å². The lowest BCUT2D eigenvalue weighted by atomic mass is 9.94. The molecule has 1 saturated heterocycles. The lowest BCUT2D eigenvalue weighted by Crippen LogP contribution is -2.39. The molecule has 1 fully saturated rings. The van der Waals surface area contributed by atoms with Gasteiger partial charge in [-0.15, -0.1) is 0 Å². The fraction of sp³-hybridized carbons (Fsp3) is 0.400. The summed E-state index contributed by atoms with van der Waals surface area (Å²) in [6, 6.07) is 11.7. The molecule has 1 amide bonds. The number of hydrogen-bond donors (Lipinski definition) is 0. The van der Waals surface area contributed by atoms with Gasteiger partial charge >= 0.3 is 6.09 Å². The molecule has 1 aliphatic heterocycles. The summed E-state index contributed by atoms with van der Waals surface area (Å²) in [6.07, 6.45) is 4.58. The fourth-order valence-electron chi connectivity index (χ4n) is 3.28. The molecule has 1 atom stereocenters. The summed E-state index contributed by atoms with van der Waals surface area (Å²) in [6.45, 7) is 3.04. The number of pyridine rings is 1. The largest absolute Gasteiger partial charge is 0.481 e. The van der Waals surface area contributed by atoms with Crippen molar-refractivity contribution in [3.05, 3.63) is 59.3 Å². The Morgan fingerprint density at radius 1 is 1.28 bits per heavy atom. The molecular weight excluding hydrogens is 316 g/mol. The predicted molar refractivity (Wildman–Crippen MR) is 95.5 cm³/mol. The molecule has 0 bridgehead atoms. The van der Waals surface area contributed by atoms with E-state index in [-0.39, 0.29) is 12.1 Å². The average Bonchev–Trinajstić information content (AvgIpc) is 2.67. The maximum atomic E-state index is 12.6. The first-order chi connectivity index (χ1) is 12.2. The van der Waals surface area contributed by atoms with Crippen LogP contribution in [0, 0.1) is 6.92 Å². The minimum Gasteiger partial charge on any atom is -0.481 e. The highest BCUT2D eigenvalue weighted by Crippen LogP contribution is 2.33. The molecule has 1 aromatic heterocycles. The van der Waals surface area contributed by atoms with Gasteiger partial charge in [0.15, 0.2) is 0 Å². The Balaban J connectivity index is 1.73. The summed E-state index contributed by atoms with van der Waals surface area (Å²) < 4.78 is 10.7. The van der Waals surface area contributed by atoms with Crippen molar-refractivity contribution >= 4 is 6.09 Å². The molecule has 0 aliphatic carbocycles. The Labute approximate surface area is 148 Å². The minimum atomic E-state index is -0.260. The van der Waals surface area contributed by atoms with E-state index in [1.54, 1.807) is 7.11 Å². The normalized spacial score (nSPS) is 17.2. The van der Waals surface area contributed by atoms with E-state index >= 15 is 0 Å². The second-order valence-corrected chi connectivity index (χ2v) is 6.33. The highest BCUT2D eigenvalue weighted by Gasteiger charge is 2.30. The number of ether oxygens (including phenoxy) is 2. The van der Waals surface area contributed by atoms with Gasteiger partial charge in [0.1, 0.15) is 6.61 Å². The Morgan fingerprint density at radius 2 is 2.08 bits per heavy atom. The average molecular weight is 340 g/mol. The SMILES string of the molecule is COc1cc(C)c([C@H]2CCCCN2C(=O)OCc2ccccc2)cn1. The molecule has 1 aliphatic rings. The highest BCUT2D eigenvalue weighted by molar-refractivity contribution is 5.68. The number of aromatic nitrogens is 1. The molecule has 132 valence electrons. The maximum absolute atomic E-state index is 12.6. The topological polar surface area (TPSA) is 51.7 Å². The van der Waals surface area contributed by atoms with E-state index in [2.05, 4.69) is 4.98 Å². The lowest BCUT2D eigenvalue weighted by Gasteiger charge is -2.35. The number of methoxy groups -OCH3 is 1. The number of carbonyl (C=O) groups is 1. The van der Waals surface area contributed by atoms with Crippen LogP contribution in [0.3, 0.4) is 0 Å². The van der Waals surface area contributed by atoms with E-state index in [1.807, 2.05) is 54.4 Å². The highest BCUT2D eigenvalue weighted by atomic mass is 16.6. The van der Waals surface area contributed by atoms with Crippen molar-refractivity contribution in [2.75, 3.05) is 13.7 Å². The quantitative estimate of drug-likeness (QED) is 0.834. The summed E-state index contributed by atoms with van der Waals surface area (Å²) in [5, 5.41) is 0. The molecule has 5 nitrogen and oxygen atoms in total. The van der Waals surface area contributed by atoms with Gasteiger partial charge in [-0.05, 0) is 42.9 Å². The summed E-state index contributed by atoms with van der Waals surface area (Å²) in [5.74, 6) is 0.593. The van der Waals surface area contributed by atoms with Crippen LogP contribution in [0.1, 0.15) is 42.0 Å². The summed E-state index contributed by atoms with van der Waals surface area (Å²) in [5.41, 5.74) is 3.14. The number of piperidine rings is 1. The summed E-state index contributed by atoms with van der Waals surface area (Å²) in [4.78, 5) is 18.8. The number of aryl methyl sites for hydroxylation is 1. The Hall–Kier alpha value is -2.56. The predicted octanol–water partition coefficient (Wildman–Crippen LogP) is 4.26. The summed E-state index contributed by atoms with van der Waals surface area (Å²) >= 11 is 0. The van der Waals surface area contributed by atoms with E-state index < -0.39 is 0 Å². The Kier molecular flexibility index (Phi) is 5.53. The zero-order valence-electron chi connectivity index (χ0n) is 14.8. The molecule has 2 heterocycles. The molecule has 0 spiro atoms. The van der Waals surface area contributed by atoms with Crippen LogP contribution < -0.4 is 4.74 Å². The van der Waals surface area contributed by atoms with Gasteiger partial charge in [0, 0.05) is 18.8 Å². The van der Waals surface area contributed by atoms with E-state index in [4.69, 9.17) is 9.47 Å². The first-order valence-corrected chi connectivity index (χ1v) is 8.67. The summed E-state index contributed by atoms with van der Waals surface area (Å²) in [7, 11) is 1.61. The van der Waals surface area contributed by atoms with Crippen LogP contribution in [0.25, 0.3) is 0 Å². The molecule has 3 rings (SSSR count).